The summed E-state index contributed by atoms with van der Waals surface area (Å²) in [5.41, 5.74) is -9.75. The number of hydrogen-bond donors (Lipinski definition) is 4. The van der Waals surface area contributed by atoms with E-state index >= 15 is 0 Å². The lowest BCUT2D eigenvalue weighted by atomic mass is 9.92. The minimum absolute atomic E-state index is 0.244. The van der Waals surface area contributed by atoms with Crippen LogP contribution >= 0.6 is 0 Å². The summed E-state index contributed by atoms with van der Waals surface area (Å²) in [5, 5.41) is 6.28. The van der Waals surface area contributed by atoms with Gasteiger partial charge in [-0.05, 0) is 23.0 Å². The van der Waals surface area contributed by atoms with Crippen LogP contribution in [0.3, 0.4) is 0 Å². The van der Waals surface area contributed by atoms with Crippen molar-refractivity contribution < 1.29 is 43.2 Å². The van der Waals surface area contributed by atoms with Gasteiger partial charge in [-0.1, -0.05) is 88.4 Å². The topological polar surface area (TPSA) is 116 Å². The zero-order valence-corrected chi connectivity index (χ0v) is 25.0. The smallest absolute Gasteiger partial charge is 0.307 e. The Labute approximate surface area is 242 Å². The summed E-state index contributed by atoms with van der Waals surface area (Å²) in [6.45, 7) is 5.72. The van der Waals surface area contributed by atoms with Crippen LogP contribution in [-0.4, -0.2) is 53.0 Å². The van der Waals surface area contributed by atoms with Gasteiger partial charge in [0.1, 0.15) is 0 Å². The maximum absolute atomic E-state index is 13.1. The molecule has 0 heterocycles. The molecule has 8 nitrogen and oxygen atoms in total. The fourth-order valence-electron chi connectivity index (χ4n) is 4.04. The fraction of sp³-hybridized carbons (Fsp3) is 0.538. The average Bonchev–Trinajstić information content (AvgIpc) is 2.88. The first-order valence-electron chi connectivity index (χ1n) is 13.0. The van der Waals surface area contributed by atoms with E-state index in [-0.39, 0.29) is 13.1 Å². The molecule has 0 unspecified atom stereocenters. The Balaban J connectivity index is 2.46. The lowest BCUT2D eigenvalue weighted by Gasteiger charge is -2.34. The maximum atomic E-state index is 13.1. The Bertz CT molecular complexity index is 1220. The molecule has 0 saturated heterocycles. The average molecular weight is 647 g/mol. The molecule has 4 N–H and O–H groups in total. The van der Waals surface area contributed by atoms with Crippen LogP contribution in [0, 0.1) is 11.8 Å². The standard InChI is InChI=1S/C26H36F6N4O4S2/c1-17(2)21(35-41(37,38)25(27,28)29)15-33-23(19-11-7-5-8-12-19)24(20-13-9-6-10-14-20)34-16-22(18(3)4)36-42(39,40)26(30,31)32/h5-14,17-18,21-24,33-36H,15-16H2,1-4H3/t21-,22-,23+,24+/m1/s1. The number of rotatable bonds is 15. The number of benzene rings is 2. The second-order valence-electron chi connectivity index (χ2n) is 10.4. The highest BCUT2D eigenvalue weighted by molar-refractivity contribution is 7.90. The van der Waals surface area contributed by atoms with Crippen molar-refractivity contribution in [3.8, 4) is 0 Å². The molecular formula is C26H36F6N4O4S2. The van der Waals surface area contributed by atoms with Crippen LogP contribution in [0.5, 0.6) is 0 Å². The minimum Gasteiger partial charge on any atom is -0.307 e. The zero-order valence-electron chi connectivity index (χ0n) is 23.4. The van der Waals surface area contributed by atoms with Gasteiger partial charge in [0.15, 0.2) is 0 Å². The van der Waals surface area contributed by atoms with Crippen LogP contribution in [0.4, 0.5) is 26.3 Å². The van der Waals surface area contributed by atoms with Gasteiger partial charge in [0, 0.05) is 25.2 Å². The first-order chi connectivity index (χ1) is 19.3. The Hall–Kier alpha value is -2.24. The van der Waals surface area contributed by atoms with E-state index < -0.39 is 67.1 Å². The molecule has 0 aliphatic heterocycles. The van der Waals surface area contributed by atoms with Crippen molar-refractivity contribution in [2.24, 2.45) is 11.8 Å². The quantitative estimate of drug-likeness (QED) is 0.211. The normalized spacial score (nSPS) is 16.4. The largest absolute Gasteiger partial charge is 0.511 e. The lowest BCUT2D eigenvalue weighted by molar-refractivity contribution is -0.0458. The SMILES string of the molecule is CC(C)[C@@H](CN[C@@H](c1ccccc1)[C@@H](NC[C@@H](NS(=O)(=O)C(F)(F)F)C(C)C)c1ccccc1)NS(=O)(=O)C(F)(F)F. The van der Waals surface area contributed by atoms with Gasteiger partial charge >= 0.3 is 31.1 Å². The third-order valence-corrected chi connectivity index (χ3v) is 9.04. The van der Waals surface area contributed by atoms with Crippen molar-refractivity contribution in [3.63, 3.8) is 0 Å². The predicted molar refractivity (Wildman–Crippen MR) is 148 cm³/mol. The number of nitrogens with one attached hydrogen (secondary N) is 4. The second-order valence-corrected chi connectivity index (χ2v) is 13.8. The van der Waals surface area contributed by atoms with Crippen molar-refractivity contribution in [2.75, 3.05) is 13.1 Å². The first kappa shape index (κ1) is 36.0. The summed E-state index contributed by atoms with van der Waals surface area (Å²) in [5.74, 6) is -1.12. The monoisotopic (exact) mass is 646 g/mol. The van der Waals surface area contributed by atoms with Crippen LogP contribution in [0.25, 0.3) is 0 Å². The molecule has 0 radical (unpaired) electrons. The highest BCUT2D eigenvalue weighted by atomic mass is 32.2. The second kappa shape index (κ2) is 14.5. The van der Waals surface area contributed by atoms with E-state index in [9.17, 15) is 43.2 Å². The van der Waals surface area contributed by atoms with Gasteiger partial charge in [0.2, 0.25) is 0 Å². The van der Waals surface area contributed by atoms with Crippen molar-refractivity contribution >= 4 is 20.0 Å². The van der Waals surface area contributed by atoms with Crippen LogP contribution in [0.1, 0.15) is 50.9 Å². The maximum Gasteiger partial charge on any atom is 0.511 e. The molecule has 0 aliphatic carbocycles. The highest BCUT2D eigenvalue weighted by Gasteiger charge is 2.48. The molecule has 0 amide bonds. The van der Waals surface area contributed by atoms with E-state index in [1.54, 1.807) is 97.8 Å². The molecule has 42 heavy (non-hydrogen) atoms. The summed E-state index contributed by atoms with van der Waals surface area (Å²) in [7, 11) is -11.3. The summed E-state index contributed by atoms with van der Waals surface area (Å²) in [4.78, 5) is 0. The summed E-state index contributed by atoms with van der Waals surface area (Å²) in [6.07, 6.45) is 0. The van der Waals surface area contributed by atoms with Gasteiger partial charge in [-0.2, -0.15) is 26.3 Å². The molecule has 0 aromatic heterocycles. The van der Waals surface area contributed by atoms with E-state index in [1.807, 2.05) is 0 Å². The van der Waals surface area contributed by atoms with Crippen molar-refractivity contribution in [2.45, 2.75) is 62.9 Å². The highest BCUT2D eigenvalue weighted by Crippen LogP contribution is 2.30. The van der Waals surface area contributed by atoms with Crippen molar-refractivity contribution in [3.05, 3.63) is 71.8 Å². The van der Waals surface area contributed by atoms with Gasteiger partial charge in [-0.3, -0.25) is 0 Å². The van der Waals surface area contributed by atoms with E-state index in [2.05, 4.69) is 10.6 Å². The fourth-order valence-corrected chi connectivity index (χ4v) is 5.82. The summed E-state index contributed by atoms with van der Waals surface area (Å²) < 4.78 is 129. The van der Waals surface area contributed by atoms with Gasteiger partial charge in [0.25, 0.3) is 0 Å². The van der Waals surface area contributed by atoms with E-state index in [0.29, 0.717) is 11.1 Å². The third kappa shape index (κ3) is 9.91. The molecule has 2 aromatic rings. The third-order valence-electron chi connectivity index (χ3n) is 6.60. The number of sulfonamides is 2. The molecule has 238 valence electrons. The molecular weight excluding hydrogens is 610 g/mol. The lowest BCUT2D eigenvalue weighted by Crippen LogP contribution is -2.52. The van der Waals surface area contributed by atoms with Crippen molar-refractivity contribution in [1.29, 1.82) is 0 Å². The first-order valence-corrected chi connectivity index (χ1v) is 16.0. The van der Waals surface area contributed by atoms with Gasteiger partial charge in [0.05, 0.1) is 12.1 Å². The molecule has 2 rings (SSSR count). The minimum atomic E-state index is -5.65. The molecule has 0 saturated carbocycles. The molecule has 2 aromatic carbocycles. The molecule has 16 heteroatoms. The van der Waals surface area contributed by atoms with Crippen molar-refractivity contribution in [1.82, 2.24) is 20.1 Å². The molecule has 4 atom stereocenters. The predicted octanol–water partition coefficient (Wildman–Crippen LogP) is 4.58. The Morgan fingerprint density at radius 1 is 0.571 bits per heavy atom. The van der Waals surface area contributed by atoms with Gasteiger partial charge in [-0.25, -0.2) is 26.3 Å². The Morgan fingerprint density at radius 3 is 1.10 bits per heavy atom. The van der Waals surface area contributed by atoms with E-state index in [0.717, 1.165) is 0 Å². The van der Waals surface area contributed by atoms with Crippen LogP contribution < -0.4 is 20.1 Å². The van der Waals surface area contributed by atoms with Gasteiger partial charge in [-0.15, -0.1) is 0 Å². The van der Waals surface area contributed by atoms with E-state index in [1.165, 1.54) is 0 Å². The molecule has 0 fully saturated rings. The molecule has 0 aliphatic rings. The molecule has 0 spiro atoms. The summed E-state index contributed by atoms with van der Waals surface area (Å²) in [6, 6.07) is 13.4. The summed E-state index contributed by atoms with van der Waals surface area (Å²) >= 11 is 0. The van der Waals surface area contributed by atoms with E-state index in [4.69, 9.17) is 0 Å². The van der Waals surface area contributed by atoms with Gasteiger partial charge < -0.3 is 10.6 Å². The molecule has 0 bridgehead atoms. The van der Waals surface area contributed by atoms with Crippen LogP contribution in [-0.2, 0) is 20.0 Å². The van der Waals surface area contributed by atoms with Crippen LogP contribution in [0.2, 0.25) is 0 Å². The Morgan fingerprint density at radius 2 is 0.857 bits per heavy atom. The number of hydrogen-bond acceptors (Lipinski definition) is 6. The zero-order chi connectivity index (χ0) is 31.9. The number of halogens is 6. The van der Waals surface area contributed by atoms with Crippen LogP contribution in [0.15, 0.2) is 60.7 Å². The Kier molecular flexibility index (Phi) is 12.4. The number of alkyl halides is 6.